The molecule has 3 saturated heterocycles. The lowest BCUT2D eigenvalue weighted by atomic mass is 10.1. The molecule has 4 heterocycles. The number of anilines is 1. The summed E-state index contributed by atoms with van der Waals surface area (Å²) in [5, 5.41) is 8.21. The van der Waals surface area contributed by atoms with Crippen LogP contribution in [-0.2, 0) is 29.9 Å². The third-order valence-corrected chi connectivity index (χ3v) is 11.4. The van der Waals surface area contributed by atoms with Gasteiger partial charge in [0.05, 0.1) is 17.6 Å². The van der Waals surface area contributed by atoms with Crippen molar-refractivity contribution in [3.63, 3.8) is 0 Å². The maximum atomic E-state index is 13.8. The summed E-state index contributed by atoms with van der Waals surface area (Å²) in [4.78, 5) is 38.7. The molecule has 3 unspecified atom stereocenters. The number of carbonyl (C=O) groups excluding carboxylic acids is 2. The molecule has 0 bridgehead atoms. The number of aliphatic hydroxyl groups is 1. The van der Waals surface area contributed by atoms with Crippen LogP contribution in [0.2, 0.25) is 0 Å². The van der Waals surface area contributed by atoms with Gasteiger partial charge in [-0.2, -0.15) is 25.4 Å². The minimum absolute atomic E-state index is 0.101. The summed E-state index contributed by atoms with van der Waals surface area (Å²) in [7, 11) is -4.16. The molecule has 3 fully saturated rings. The Morgan fingerprint density at radius 3 is 2.21 bits per heavy atom. The zero-order valence-corrected chi connectivity index (χ0v) is 30.2. The van der Waals surface area contributed by atoms with Crippen LogP contribution in [0.3, 0.4) is 0 Å². The number of piperazine rings is 1. The van der Waals surface area contributed by atoms with Gasteiger partial charge in [0.25, 0.3) is 20.3 Å². The first-order valence-corrected chi connectivity index (χ1v) is 19.7. The van der Waals surface area contributed by atoms with Crippen molar-refractivity contribution in [1.29, 1.82) is 0 Å². The minimum Gasteiger partial charge on any atom is -0.396 e. The summed E-state index contributed by atoms with van der Waals surface area (Å²) in [6.07, 6.45) is 4.85. The largest absolute Gasteiger partial charge is 0.396 e. The molecule has 0 spiro atoms. The highest BCUT2D eigenvalue weighted by molar-refractivity contribution is 7.86. The van der Waals surface area contributed by atoms with E-state index in [1.54, 1.807) is 23.0 Å². The number of amides is 2. The van der Waals surface area contributed by atoms with E-state index in [1.165, 1.54) is 4.31 Å². The first kappa shape index (κ1) is 39.6. The van der Waals surface area contributed by atoms with Crippen LogP contribution in [0, 0.1) is 5.92 Å². The first-order chi connectivity index (χ1) is 22.1. The van der Waals surface area contributed by atoms with Crippen molar-refractivity contribution in [2.75, 3.05) is 90.8 Å². The van der Waals surface area contributed by atoms with Gasteiger partial charge in [0.1, 0.15) is 17.4 Å². The third kappa shape index (κ3) is 11.1. The van der Waals surface area contributed by atoms with E-state index in [-0.39, 0.29) is 31.5 Å². The zero-order chi connectivity index (χ0) is 34.9. The second kappa shape index (κ2) is 17.7. The molecule has 3 aliphatic rings. The summed E-state index contributed by atoms with van der Waals surface area (Å²) in [6.45, 7) is 4.37. The van der Waals surface area contributed by atoms with Crippen LogP contribution in [0.25, 0.3) is 0 Å². The number of likely N-dealkylation sites (N-methyl/N-ethyl adjacent to an activating group) is 1. The monoisotopic (exact) mass is 743 g/mol. The van der Waals surface area contributed by atoms with Gasteiger partial charge in [-0.1, -0.05) is 6.07 Å². The van der Waals surface area contributed by atoms with Crippen LogP contribution in [-0.4, -0.2) is 169 Å². The molecule has 0 saturated carbocycles. The van der Waals surface area contributed by atoms with Crippen LogP contribution < -0.4 is 4.90 Å². The van der Waals surface area contributed by atoms with E-state index in [0.717, 1.165) is 29.6 Å². The Labute approximate surface area is 288 Å². The fraction of sp³-hybridized carbons (Fsp3) is 0.750. The molecule has 2 N–H and O–H groups in total. The fourth-order valence-corrected chi connectivity index (χ4v) is 9.03. The number of hydrogen-bond donors (Lipinski definition) is 2. The molecule has 0 aliphatic carbocycles. The van der Waals surface area contributed by atoms with E-state index < -0.39 is 43.2 Å². The lowest BCUT2D eigenvalue weighted by molar-refractivity contribution is -0.135. The Kier molecular flexibility index (Phi) is 14.9. The van der Waals surface area contributed by atoms with E-state index in [0.29, 0.717) is 58.2 Å². The van der Waals surface area contributed by atoms with Gasteiger partial charge in [-0.3, -0.25) is 14.1 Å². The van der Waals surface area contributed by atoms with E-state index in [4.69, 9.17) is 32.9 Å². The number of carbonyl (C=O) groups is 2. The number of hydrogen-bond acceptors (Lipinski definition) is 10. The average molecular weight is 745 g/mol. The molecular formula is C28H47Cl2N7O8S2. The van der Waals surface area contributed by atoms with E-state index in [9.17, 15) is 26.4 Å². The van der Waals surface area contributed by atoms with E-state index in [2.05, 4.69) is 14.8 Å². The molecule has 0 radical (unpaired) electrons. The van der Waals surface area contributed by atoms with Gasteiger partial charge in [0, 0.05) is 72.2 Å². The molecule has 1 aromatic rings. The van der Waals surface area contributed by atoms with Crippen LogP contribution in [0.15, 0.2) is 24.4 Å². The predicted octanol–water partition coefficient (Wildman–Crippen LogP) is 0.210. The Morgan fingerprint density at radius 2 is 1.62 bits per heavy atom. The highest BCUT2D eigenvalue weighted by Crippen LogP contribution is 2.38. The highest BCUT2D eigenvalue weighted by atomic mass is 35.5. The number of aliphatic hydroxyl groups excluding tert-OH is 1. The van der Waals surface area contributed by atoms with Crippen LogP contribution in [0.5, 0.6) is 0 Å². The Bertz CT molecular complexity index is 1380. The summed E-state index contributed by atoms with van der Waals surface area (Å²) in [5.74, 6) is -0.558. The molecular weight excluding hydrogens is 697 g/mol. The standard InChI is InChI=1S/C27H43Cl2N7O5S.CH4O3S/c1-31(12-7-19-37)11-6-13-32(2)26(38)22-8-5-14-35(22)42(40,41)36-20-21(28)24(25(36)29)27(39)34-17-15-33(16-18-34)23-9-3-4-10-30-23;1-5(2,3)4/h3-4,9-10,21-22,24-25,37H,5-8,11-20H2,1-2H3;1H3,(H,2,3,4)/t21?,22-,24?,25?;/m0./s1. The molecule has 0 aromatic carbocycles. The topological polar surface area (TPSA) is 175 Å². The Morgan fingerprint density at radius 1 is 0.979 bits per heavy atom. The summed E-state index contributed by atoms with van der Waals surface area (Å²) < 4.78 is 55.9. The number of rotatable bonds is 12. The quantitative estimate of drug-likeness (QED) is 0.170. The molecule has 2 amide bonds. The fourth-order valence-electron chi connectivity index (χ4n) is 5.93. The third-order valence-electron chi connectivity index (χ3n) is 8.35. The summed E-state index contributed by atoms with van der Waals surface area (Å²) in [5.41, 5.74) is -1.15. The highest BCUT2D eigenvalue weighted by Gasteiger charge is 2.53. The first-order valence-electron chi connectivity index (χ1n) is 15.5. The van der Waals surface area contributed by atoms with Crippen LogP contribution >= 0.6 is 23.2 Å². The number of pyridine rings is 1. The minimum atomic E-state index is -4.15. The van der Waals surface area contributed by atoms with Gasteiger partial charge in [-0.05, 0) is 51.4 Å². The maximum Gasteiger partial charge on any atom is 0.284 e. The van der Waals surface area contributed by atoms with Gasteiger partial charge in [-0.15, -0.1) is 23.2 Å². The molecule has 3 aliphatic heterocycles. The Hall–Kier alpha value is -1.83. The second-order valence-corrected chi connectivity index (χ2v) is 16.3. The average Bonchev–Trinajstić information content (AvgIpc) is 3.64. The molecule has 4 atom stereocenters. The van der Waals surface area contributed by atoms with Crippen molar-refractivity contribution in [3.8, 4) is 0 Å². The van der Waals surface area contributed by atoms with Gasteiger partial charge in [0.15, 0.2) is 0 Å². The molecule has 1 aromatic heterocycles. The smallest absolute Gasteiger partial charge is 0.284 e. The van der Waals surface area contributed by atoms with Crippen LogP contribution in [0.4, 0.5) is 5.82 Å². The number of aromatic nitrogens is 1. The normalized spacial score (nSPS) is 24.3. The van der Waals surface area contributed by atoms with Crippen molar-refractivity contribution in [2.24, 2.45) is 5.92 Å². The van der Waals surface area contributed by atoms with Crippen molar-refractivity contribution in [3.05, 3.63) is 24.4 Å². The van der Waals surface area contributed by atoms with Gasteiger partial charge in [0.2, 0.25) is 11.8 Å². The number of halogens is 2. The van der Waals surface area contributed by atoms with E-state index in [1.807, 2.05) is 25.2 Å². The lowest BCUT2D eigenvalue weighted by Gasteiger charge is -2.37. The molecule has 4 rings (SSSR count). The Balaban J connectivity index is 0.00000111. The molecule has 268 valence electrons. The SMILES string of the molecule is CN(CCCO)CCCN(C)C(=O)[C@@H]1CCCN1S(=O)(=O)N1CC(Cl)C(C(=O)N2CCN(c3ccccn3)CC2)C1Cl.CS(=O)(=O)O. The summed E-state index contributed by atoms with van der Waals surface area (Å²) >= 11 is 13.3. The van der Waals surface area contributed by atoms with Crippen molar-refractivity contribution < 1.29 is 36.1 Å². The maximum absolute atomic E-state index is 13.8. The zero-order valence-electron chi connectivity index (χ0n) is 27.1. The number of alkyl halides is 2. The van der Waals surface area contributed by atoms with Crippen molar-refractivity contribution in [2.45, 2.75) is 42.6 Å². The van der Waals surface area contributed by atoms with E-state index >= 15 is 0 Å². The second-order valence-electron chi connectivity index (χ2n) is 12.0. The molecule has 15 nitrogen and oxygen atoms in total. The van der Waals surface area contributed by atoms with Crippen molar-refractivity contribution >= 4 is 61.2 Å². The molecule has 19 heteroatoms. The van der Waals surface area contributed by atoms with Gasteiger partial charge < -0.3 is 24.7 Å². The predicted molar refractivity (Wildman–Crippen MR) is 180 cm³/mol. The number of nitrogens with zero attached hydrogens (tertiary/aromatic N) is 7. The van der Waals surface area contributed by atoms with Gasteiger partial charge >= 0.3 is 0 Å². The summed E-state index contributed by atoms with van der Waals surface area (Å²) in [6, 6.07) is 4.88. The van der Waals surface area contributed by atoms with Gasteiger partial charge in [-0.25, -0.2) is 4.98 Å². The van der Waals surface area contributed by atoms with Crippen molar-refractivity contribution in [1.82, 2.24) is 28.3 Å². The molecule has 47 heavy (non-hydrogen) atoms. The van der Waals surface area contributed by atoms with Crippen LogP contribution in [0.1, 0.15) is 25.7 Å². The lowest BCUT2D eigenvalue weighted by Crippen LogP contribution is -2.54.